The standard InChI is InChI=1S/C17H13N3.CHF3O3S/c18-20-10-9-12-5-1-2-6-13(12)17(20)15-11-19-16-8-4-3-7-14(15)16;2-1(3,4)8(5,6)7/h1-11H,18H2;(H,5,6,7). The molecule has 0 bridgehead atoms. The predicted molar refractivity (Wildman–Crippen MR) is 97.3 cm³/mol. The van der Waals surface area contributed by atoms with Crippen LogP contribution in [0.2, 0.25) is 0 Å². The van der Waals surface area contributed by atoms with Crippen molar-refractivity contribution in [2.24, 2.45) is 0 Å². The number of nitrogens with two attached hydrogens (primary N) is 1. The van der Waals surface area contributed by atoms with Gasteiger partial charge in [-0.1, -0.05) is 41.1 Å². The monoisotopic (exact) mass is 409 g/mol. The number of benzene rings is 2. The number of alkyl halides is 3. The highest BCUT2D eigenvalue weighted by Crippen LogP contribution is 2.30. The zero-order chi connectivity index (χ0) is 20.5. The molecule has 4 rings (SSSR count). The van der Waals surface area contributed by atoms with Gasteiger partial charge in [0.05, 0.1) is 10.9 Å². The van der Waals surface area contributed by atoms with Gasteiger partial charge in [-0.2, -0.15) is 13.2 Å². The van der Waals surface area contributed by atoms with Crippen LogP contribution in [0.4, 0.5) is 13.2 Å². The molecule has 2 heterocycles. The Labute approximate surface area is 157 Å². The van der Waals surface area contributed by atoms with Crippen LogP contribution in [-0.2, 0) is 10.1 Å². The Kier molecular flexibility index (Phi) is 5.01. The second-order valence-corrected chi connectivity index (χ2v) is 7.18. The van der Waals surface area contributed by atoms with Crippen LogP contribution >= 0.6 is 0 Å². The average molecular weight is 409 g/mol. The molecule has 0 unspecified atom stereocenters. The number of fused-ring (bicyclic) bond motifs is 2. The first kappa shape index (κ1) is 19.6. The van der Waals surface area contributed by atoms with E-state index in [0.717, 1.165) is 22.2 Å². The molecule has 0 fully saturated rings. The second-order valence-electron chi connectivity index (χ2n) is 5.81. The summed E-state index contributed by atoms with van der Waals surface area (Å²) in [6.45, 7) is 0. The highest BCUT2D eigenvalue weighted by Gasteiger charge is 2.36. The van der Waals surface area contributed by atoms with E-state index in [1.54, 1.807) is 4.68 Å². The van der Waals surface area contributed by atoms with E-state index >= 15 is 0 Å². The fourth-order valence-electron chi connectivity index (χ4n) is 2.78. The molecule has 6 nitrogen and oxygen atoms in total. The topological polar surface area (TPSA) is 103 Å². The first-order valence-electron chi connectivity index (χ1n) is 7.87. The van der Waals surface area contributed by atoms with Crippen LogP contribution in [0, 0.1) is 0 Å². The van der Waals surface area contributed by atoms with E-state index in [1.807, 2.05) is 42.7 Å². The number of nitrogen functional groups attached to an aromatic ring is 1. The molecular formula is C18H14F3N3O3S. The summed E-state index contributed by atoms with van der Waals surface area (Å²) in [6, 6.07) is 18.6. The quantitative estimate of drug-likeness (QED) is 0.218. The Hall–Kier alpha value is -3.11. The van der Waals surface area contributed by atoms with E-state index in [2.05, 4.69) is 29.2 Å². The number of nitrogens with one attached hydrogen (secondary N) is 1. The summed E-state index contributed by atoms with van der Waals surface area (Å²) < 4.78 is 60.6. The van der Waals surface area contributed by atoms with Crippen molar-refractivity contribution < 1.29 is 30.8 Å². The van der Waals surface area contributed by atoms with Crippen LogP contribution in [-0.4, -0.2) is 23.5 Å². The molecule has 2 aromatic heterocycles. The van der Waals surface area contributed by atoms with Gasteiger partial charge in [0.2, 0.25) is 6.20 Å². The molecule has 0 saturated heterocycles. The molecule has 4 aromatic rings. The summed E-state index contributed by atoms with van der Waals surface area (Å²) in [5, 5.41) is 3.53. The van der Waals surface area contributed by atoms with E-state index in [9.17, 15) is 13.2 Å². The maximum atomic E-state index is 10.7. The van der Waals surface area contributed by atoms with Crippen molar-refractivity contribution in [1.82, 2.24) is 4.98 Å². The lowest BCUT2D eigenvalue weighted by Crippen LogP contribution is -2.46. The predicted octanol–water partition coefficient (Wildman–Crippen LogP) is 3.04. The third-order valence-corrected chi connectivity index (χ3v) is 4.58. The number of hydrogen-bond acceptors (Lipinski definition) is 4. The fourth-order valence-corrected chi connectivity index (χ4v) is 2.78. The molecule has 3 N–H and O–H groups in total. The van der Waals surface area contributed by atoms with Gasteiger partial charge in [-0.3, -0.25) is 0 Å². The number of halogens is 3. The number of para-hydroxylation sites is 1. The highest BCUT2D eigenvalue weighted by atomic mass is 32.2. The molecule has 0 aliphatic carbocycles. The lowest BCUT2D eigenvalue weighted by atomic mass is 10.0. The maximum absolute atomic E-state index is 10.7. The fraction of sp³-hybridized carbons (Fsp3) is 0.0556. The highest BCUT2D eigenvalue weighted by molar-refractivity contribution is 7.86. The summed E-state index contributed by atoms with van der Waals surface area (Å²) in [4.78, 5) is 3.31. The third kappa shape index (κ3) is 3.78. The molecule has 0 amide bonds. The van der Waals surface area contributed by atoms with Crippen LogP contribution in [0.5, 0.6) is 0 Å². The normalized spacial score (nSPS) is 12.0. The summed E-state index contributed by atoms with van der Waals surface area (Å²) in [7, 11) is -6.09. The van der Waals surface area contributed by atoms with E-state index in [0.29, 0.717) is 0 Å². The molecule has 0 atom stereocenters. The first-order chi connectivity index (χ1) is 13.1. The zero-order valence-corrected chi connectivity index (χ0v) is 15.0. The van der Waals surface area contributed by atoms with Gasteiger partial charge in [-0.15, -0.1) is 0 Å². The van der Waals surface area contributed by atoms with Crippen molar-refractivity contribution in [1.29, 1.82) is 0 Å². The van der Waals surface area contributed by atoms with E-state index < -0.39 is 15.6 Å². The van der Waals surface area contributed by atoms with Gasteiger partial charge in [-0.25, -0.2) is 14.3 Å². The number of hydrogen-bond donors (Lipinski definition) is 2. The number of rotatable bonds is 1. The first-order valence-corrected chi connectivity index (χ1v) is 9.27. The Morgan fingerprint density at radius 3 is 2.18 bits per heavy atom. The van der Waals surface area contributed by atoms with Gasteiger partial charge >= 0.3 is 5.51 Å². The Bertz CT molecular complexity index is 1250. The number of aromatic amines is 1. The molecule has 0 aliphatic heterocycles. The van der Waals surface area contributed by atoms with Gasteiger partial charge in [0.25, 0.3) is 5.69 Å². The second kappa shape index (κ2) is 7.13. The van der Waals surface area contributed by atoms with Crippen molar-refractivity contribution in [3.8, 4) is 11.3 Å². The molecule has 0 saturated carbocycles. The summed E-state index contributed by atoms with van der Waals surface area (Å²) in [5.41, 5.74) is -2.37. The van der Waals surface area contributed by atoms with Gasteiger partial charge < -0.3 is 9.54 Å². The van der Waals surface area contributed by atoms with E-state index in [4.69, 9.17) is 18.8 Å². The molecular weight excluding hydrogens is 395 g/mol. The average Bonchev–Trinajstić information content (AvgIpc) is 3.04. The molecule has 10 heteroatoms. The Balaban J connectivity index is 0.000000242. The number of pyridine rings is 1. The molecule has 0 spiro atoms. The lowest BCUT2D eigenvalue weighted by molar-refractivity contribution is -0.626. The minimum absolute atomic E-state index is 1.03. The van der Waals surface area contributed by atoms with Crippen molar-refractivity contribution in [2.75, 3.05) is 5.84 Å². The lowest BCUT2D eigenvalue weighted by Gasteiger charge is -2.08. The molecule has 0 aliphatic rings. The Morgan fingerprint density at radius 2 is 1.54 bits per heavy atom. The van der Waals surface area contributed by atoms with Crippen LogP contribution < -0.4 is 10.5 Å². The third-order valence-electron chi connectivity index (χ3n) is 4.02. The minimum Gasteiger partial charge on any atom is -0.741 e. The smallest absolute Gasteiger partial charge is 0.485 e. The van der Waals surface area contributed by atoms with Crippen molar-refractivity contribution in [3.05, 3.63) is 67.0 Å². The van der Waals surface area contributed by atoms with E-state index in [1.165, 1.54) is 10.8 Å². The van der Waals surface area contributed by atoms with Crippen LogP contribution in [0.3, 0.4) is 0 Å². The van der Waals surface area contributed by atoms with Gasteiger partial charge in [0, 0.05) is 23.2 Å². The molecule has 146 valence electrons. The van der Waals surface area contributed by atoms with Crippen molar-refractivity contribution in [2.45, 2.75) is 5.51 Å². The van der Waals surface area contributed by atoms with Gasteiger partial charge in [0.1, 0.15) is 0 Å². The zero-order valence-electron chi connectivity index (χ0n) is 14.1. The maximum Gasteiger partial charge on any atom is 0.485 e. The SMILES string of the molecule is N[n+]1ccc2ccccc2c1-c1c[nH]c2ccccc12.O=S(=O)([O-])C(F)(F)F. The molecule has 0 radical (unpaired) electrons. The number of aromatic nitrogens is 2. The minimum atomic E-state index is -6.09. The number of H-pyrrole nitrogens is 1. The van der Waals surface area contributed by atoms with Crippen molar-refractivity contribution in [3.63, 3.8) is 0 Å². The van der Waals surface area contributed by atoms with Crippen LogP contribution in [0.1, 0.15) is 0 Å². The molecule has 2 aromatic carbocycles. The summed E-state index contributed by atoms with van der Waals surface area (Å²) >= 11 is 0. The largest absolute Gasteiger partial charge is 0.741 e. The Morgan fingerprint density at radius 1 is 0.964 bits per heavy atom. The van der Waals surface area contributed by atoms with Crippen LogP contribution in [0.15, 0.2) is 67.0 Å². The van der Waals surface area contributed by atoms with Crippen molar-refractivity contribution >= 4 is 31.8 Å². The molecule has 28 heavy (non-hydrogen) atoms. The van der Waals surface area contributed by atoms with Gasteiger partial charge in [0.15, 0.2) is 10.1 Å². The van der Waals surface area contributed by atoms with Gasteiger partial charge in [-0.05, 0) is 17.5 Å². The van der Waals surface area contributed by atoms with Crippen LogP contribution in [0.25, 0.3) is 32.9 Å². The number of nitrogens with zero attached hydrogens (tertiary/aromatic N) is 1. The summed E-state index contributed by atoms with van der Waals surface area (Å²) in [5.74, 6) is 6.17. The van der Waals surface area contributed by atoms with E-state index in [-0.39, 0.29) is 0 Å². The summed E-state index contributed by atoms with van der Waals surface area (Å²) in [6.07, 6.45) is 3.93.